The summed E-state index contributed by atoms with van der Waals surface area (Å²) >= 11 is 0. The largest absolute Gasteiger partial charge is 0.482 e. The molecule has 0 saturated heterocycles. The molecule has 104 valence electrons. The van der Waals surface area contributed by atoms with E-state index in [-0.39, 0.29) is 23.2 Å². The number of hydrogen-bond acceptors (Lipinski definition) is 4. The van der Waals surface area contributed by atoms with Gasteiger partial charge in [-0.15, -0.1) is 6.58 Å². The monoisotopic (exact) mass is 303 g/mol. The van der Waals surface area contributed by atoms with E-state index in [1.807, 2.05) is 0 Å². The number of amides is 1. The molecule has 1 aromatic carbocycles. The fraction of sp³-hybridized carbons (Fsp3) is 0.250. The molecule has 0 heterocycles. The number of benzene rings is 1. The Hall–Kier alpha value is -1.53. The molecule has 0 aliphatic heterocycles. The van der Waals surface area contributed by atoms with Crippen molar-refractivity contribution in [1.82, 2.24) is 5.32 Å². The zero-order chi connectivity index (χ0) is 14.5. The SMILES string of the molecule is C=CCNC(=O)COc1ccc(C)cc1S(=O)(=O)Cl. The van der Waals surface area contributed by atoms with Gasteiger partial charge in [-0.25, -0.2) is 8.42 Å². The summed E-state index contributed by atoms with van der Waals surface area (Å²) in [5, 5.41) is 2.51. The van der Waals surface area contributed by atoms with Crippen molar-refractivity contribution in [3.63, 3.8) is 0 Å². The predicted octanol–water partition coefficient (Wildman–Crippen LogP) is 1.60. The van der Waals surface area contributed by atoms with Gasteiger partial charge in [0, 0.05) is 17.2 Å². The van der Waals surface area contributed by atoms with Gasteiger partial charge in [-0.2, -0.15) is 0 Å². The quantitative estimate of drug-likeness (QED) is 0.640. The highest BCUT2D eigenvalue weighted by Crippen LogP contribution is 2.27. The molecule has 0 atom stereocenters. The van der Waals surface area contributed by atoms with E-state index < -0.39 is 9.05 Å². The molecule has 1 amide bonds. The second-order valence-electron chi connectivity index (χ2n) is 3.77. The lowest BCUT2D eigenvalue weighted by atomic mass is 10.2. The fourth-order valence-corrected chi connectivity index (χ4v) is 2.36. The molecule has 0 spiro atoms. The summed E-state index contributed by atoms with van der Waals surface area (Å²) < 4.78 is 28.0. The summed E-state index contributed by atoms with van der Waals surface area (Å²) in [4.78, 5) is 11.2. The molecule has 0 fully saturated rings. The lowest BCUT2D eigenvalue weighted by molar-refractivity contribution is -0.122. The average Bonchev–Trinajstić information content (AvgIpc) is 2.33. The number of ether oxygens (including phenoxy) is 1. The van der Waals surface area contributed by atoms with Crippen LogP contribution >= 0.6 is 10.7 Å². The molecule has 7 heteroatoms. The highest BCUT2D eigenvalue weighted by Gasteiger charge is 2.17. The minimum absolute atomic E-state index is 0.0503. The maximum Gasteiger partial charge on any atom is 0.264 e. The van der Waals surface area contributed by atoms with Gasteiger partial charge >= 0.3 is 0 Å². The van der Waals surface area contributed by atoms with Crippen LogP contribution in [0.4, 0.5) is 0 Å². The van der Waals surface area contributed by atoms with Gasteiger partial charge in [-0.1, -0.05) is 12.1 Å². The number of carbonyl (C=O) groups is 1. The number of aryl methyl sites for hydroxylation is 1. The van der Waals surface area contributed by atoms with Crippen LogP contribution in [0.3, 0.4) is 0 Å². The van der Waals surface area contributed by atoms with Crippen molar-refractivity contribution in [2.75, 3.05) is 13.2 Å². The molecule has 0 bridgehead atoms. The first kappa shape index (κ1) is 15.5. The Kier molecular flexibility index (Phi) is 5.38. The van der Waals surface area contributed by atoms with Crippen molar-refractivity contribution < 1.29 is 17.9 Å². The molecule has 0 unspecified atom stereocenters. The molecule has 0 radical (unpaired) electrons. The van der Waals surface area contributed by atoms with Crippen molar-refractivity contribution in [3.05, 3.63) is 36.4 Å². The second kappa shape index (κ2) is 6.58. The highest BCUT2D eigenvalue weighted by molar-refractivity contribution is 8.13. The number of hydrogen-bond donors (Lipinski definition) is 1. The smallest absolute Gasteiger partial charge is 0.264 e. The molecule has 0 aliphatic carbocycles. The maximum atomic E-state index is 11.4. The van der Waals surface area contributed by atoms with E-state index in [9.17, 15) is 13.2 Å². The standard InChI is InChI=1S/C12H14ClNO4S/c1-3-6-14-12(15)8-18-10-5-4-9(2)7-11(10)19(13,16)17/h3-5,7H,1,6,8H2,2H3,(H,14,15). The minimum atomic E-state index is -3.92. The van der Waals surface area contributed by atoms with E-state index in [1.165, 1.54) is 18.2 Å². The van der Waals surface area contributed by atoms with E-state index >= 15 is 0 Å². The lowest BCUT2D eigenvalue weighted by Gasteiger charge is -2.10. The molecule has 5 nitrogen and oxygen atoms in total. The van der Waals surface area contributed by atoms with Crippen LogP contribution in [0.25, 0.3) is 0 Å². The van der Waals surface area contributed by atoms with Crippen LogP contribution in [0.5, 0.6) is 5.75 Å². The summed E-state index contributed by atoms with van der Waals surface area (Å²) in [6.45, 7) is 5.20. The third-order valence-electron chi connectivity index (χ3n) is 2.16. The number of halogens is 1. The molecule has 0 saturated carbocycles. The van der Waals surface area contributed by atoms with E-state index in [4.69, 9.17) is 15.4 Å². The third-order valence-corrected chi connectivity index (χ3v) is 3.51. The Bertz CT molecular complexity index is 583. The van der Waals surface area contributed by atoms with Gasteiger partial charge in [0.2, 0.25) is 0 Å². The van der Waals surface area contributed by atoms with Crippen molar-refractivity contribution in [2.45, 2.75) is 11.8 Å². The molecule has 1 rings (SSSR count). The fourth-order valence-electron chi connectivity index (χ4n) is 1.31. The van der Waals surface area contributed by atoms with Gasteiger partial charge in [0.1, 0.15) is 10.6 Å². The van der Waals surface area contributed by atoms with E-state index in [0.29, 0.717) is 6.54 Å². The lowest BCUT2D eigenvalue weighted by Crippen LogP contribution is -2.29. The average molecular weight is 304 g/mol. The van der Waals surface area contributed by atoms with E-state index in [0.717, 1.165) is 5.56 Å². The maximum absolute atomic E-state index is 11.4. The van der Waals surface area contributed by atoms with Crippen LogP contribution in [0.2, 0.25) is 0 Å². The summed E-state index contributed by atoms with van der Waals surface area (Å²) in [6, 6.07) is 4.52. The number of nitrogens with one attached hydrogen (secondary N) is 1. The normalized spacial score (nSPS) is 10.8. The molecule has 1 N–H and O–H groups in total. The highest BCUT2D eigenvalue weighted by atomic mass is 35.7. The Morgan fingerprint density at radius 1 is 1.53 bits per heavy atom. The van der Waals surface area contributed by atoms with Crippen LogP contribution in [0.15, 0.2) is 35.7 Å². The molecular formula is C12H14ClNO4S. The van der Waals surface area contributed by atoms with Crippen LogP contribution < -0.4 is 10.1 Å². The van der Waals surface area contributed by atoms with Crippen LogP contribution in [0, 0.1) is 6.92 Å². The Labute approximate surface area is 116 Å². The first-order chi connectivity index (χ1) is 8.84. The van der Waals surface area contributed by atoms with Crippen LogP contribution in [-0.2, 0) is 13.8 Å². The Balaban J connectivity index is 2.84. The summed E-state index contributed by atoms with van der Waals surface area (Å²) in [7, 11) is 1.39. The van der Waals surface area contributed by atoms with Crippen molar-refractivity contribution in [2.24, 2.45) is 0 Å². The third kappa shape index (κ3) is 4.92. The van der Waals surface area contributed by atoms with Gasteiger partial charge in [0.05, 0.1) is 0 Å². The van der Waals surface area contributed by atoms with E-state index in [1.54, 1.807) is 13.0 Å². The number of carbonyl (C=O) groups excluding carboxylic acids is 1. The van der Waals surface area contributed by atoms with Crippen molar-refractivity contribution in [3.8, 4) is 5.75 Å². The van der Waals surface area contributed by atoms with Crippen molar-refractivity contribution in [1.29, 1.82) is 0 Å². The molecule has 0 aliphatic rings. The first-order valence-electron chi connectivity index (χ1n) is 5.40. The summed E-state index contributed by atoms with van der Waals surface area (Å²) in [5.41, 5.74) is 0.725. The molecule has 1 aromatic rings. The zero-order valence-electron chi connectivity index (χ0n) is 10.3. The predicted molar refractivity (Wildman–Crippen MR) is 72.9 cm³/mol. The van der Waals surface area contributed by atoms with Gasteiger partial charge in [-0.3, -0.25) is 4.79 Å². The van der Waals surface area contributed by atoms with E-state index in [2.05, 4.69) is 11.9 Å². The zero-order valence-corrected chi connectivity index (χ0v) is 11.9. The molecule has 0 aromatic heterocycles. The molecular weight excluding hydrogens is 290 g/mol. The second-order valence-corrected chi connectivity index (χ2v) is 6.30. The minimum Gasteiger partial charge on any atom is -0.482 e. The Morgan fingerprint density at radius 3 is 2.79 bits per heavy atom. The Morgan fingerprint density at radius 2 is 2.21 bits per heavy atom. The number of rotatable bonds is 6. The topological polar surface area (TPSA) is 72.5 Å². The van der Waals surface area contributed by atoms with Gasteiger partial charge in [0.25, 0.3) is 15.0 Å². The van der Waals surface area contributed by atoms with Crippen LogP contribution in [-0.4, -0.2) is 27.5 Å². The van der Waals surface area contributed by atoms with Gasteiger partial charge in [-0.05, 0) is 24.6 Å². The molecule has 19 heavy (non-hydrogen) atoms. The van der Waals surface area contributed by atoms with Gasteiger partial charge < -0.3 is 10.1 Å². The first-order valence-corrected chi connectivity index (χ1v) is 7.71. The van der Waals surface area contributed by atoms with Crippen molar-refractivity contribution >= 4 is 25.6 Å². The van der Waals surface area contributed by atoms with Gasteiger partial charge in [0.15, 0.2) is 6.61 Å². The summed E-state index contributed by atoms with van der Waals surface area (Å²) in [5.74, 6) is -0.326. The summed E-state index contributed by atoms with van der Waals surface area (Å²) in [6.07, 6.45) is 1.53. The van der Waals surface area contributed by atoms with Crippen LogP contribution in [0.1, 0.15) is 5.56 Å².